The predicted octanol–water partition coefficient (Wildman–Crippen LogP) is 5.52. The zero-order chi connectivity index (χ0) is 16.7. The fourth-order valence-corrected chi connectivity index (χ4v) is 3.68. The lowest BCUT2D eigenvalue weighted by molar-refractivity contribution is 0.950. The van der Waals surface area contributed by atoms with Gasteiger partial charge < -0.3 is 9.80 Å². The fourth-order valence-electron chi connectivity index (χ4n) is 3.68. The van der Waals surface area contributed by atoms with Gasteiger partial charge in [0.05, 0.1) is 18.0 Å². The quantitative estimate of drug-likeness (QED) is 0.615. The average molecular weight is 314 g/mol. The molecule has 0 N–H and O–H groups in total. The number of rotatable bonds is 2. The minimum atomic E-state index is 0.884. The lowest BCUT2D eigenvalue weighted by Gasteiger charge is -2.19. The summed E-state index contributed by atoms with van der Waals surface area (Å²) in [6.07, 6.45) is 0. The Morgan fingerprint density at radius 3 is 2.17 bits per heavy atom. The van der Waals surface area contributed by atoms with E-state index in [1.807, 2.05) is 0 Å². The zero-order valence-electron chi connectivity index (χ0n) is 14.5. The van der Waals surface area contributed by atoms with Crippen LogP contribution in [-0.4, -0.2) is 13.7 Å². The lowest BCUT2D eigenvalue weighted by atomic mass is 9.95. The fraction of sp³-hybridized carbons (Fsp3) is 0.182. The molecule has 1 aliphatic rings. The minimum absolute atomic E-state index is 0.884. The summed E-state index contributed by atoms with van der Waals surface area (Å²) >= 11 is 0. The van der Waals surface area contributed by atoms with Gasteiger partial charge in [0.2, 0.25) is 0 Å². The van der Waals surface area contributed by atoms with Crippen molar-refractivity contribution in [2.75, 3.05) is 23.5 Å². The highest BCUT2D eigenvalue weighted by atomic mass is 15.4. The van der Waals surface area contributed by atoms with Gasteiger partial charge in [0.25, 0.3) is 0 Å². The van der Waals surface area contributed by atoms with Crippen molar-refractivity contribution in [2.45, 2.75) is 13.8 Å². The number of fused-ring (bicyclic) bond motifs is 1. The molecule has 2 heteroatoms. The Bertz CT molecular complexity index is 863. The molecule has 3 aromatic rings. The van der Waals surface area contributed by atoms with Crippen LogP contribution in [0.15, 0.2) is 66.7 Å². The molecule has 0 amide bonds. The summed E-state index contributed by atoms with van der Waals surface area (Å²) in [5.74, 6) is 0. The molecule has 0 aromatic heterocycles. The molecule has 4 rings (SSSR count). The molecule has 0 bridgehead atoms. The molecule has 0 radical (unpaired) electrons. The van der Waals surface area contributed by atoms with Gasteiger partial charge in [0, 0.05) is 12.7 Å². The van der Waals surface area contributed by atoms with Crippen LogP contribution in [-0.2, 0) is 0 Å². The van der Waals surface area contributed by atoms with Crippen molar-refractivity contribution >= 4 is 17.1 Å². The van der Waals surface area contributed by atoms with Crippen molar-refractivity contribution in [3.8, 4) is 11.1 Å². The van der Waals surface area contributed by atoms with E-state index in [0.717, 1.165) is 6.67 Å². The third-order valence-corrected chi connectivity index (χ3v) is 4.87. The number of anilines is 3. The summed E-state index contributed by atoms with van der Waals surface area (Å²) < 4.78 is 0. The number of hydrogen-bond acceptors (Lipinski definition) is 2. The molecular weight excluding hydrogens is 292 g/mol. The molecule has 24 heavy (non-hydrogen) atoms. The molecule has 2 nitrogen and oxygen atoms in total. The van der Waals surface area contributed by atoms with Crippen LogP contribution in [0.5, 0.6) is 0 Å². The monoisotopic (exact) mass is 314 g/mol. The van der Waals surface area contributed by atoms with Crippen LogP contribution in [0.25, 0.3) is 11.1 Å². The summed E-state index contributed by atoms with van der Waals surface area (Å²) in [4.78, 5) is 4.68. The van der Waals surface area contributed by atoms with E-state index in [4.69, 9.17) is 0 Å². The smallest absolute Gasteiger partial charge is 0.0950 e. The van der Waals surface area contributed by atoms with Crippen LogP contribution < -0.4 is 9.80 Å². The summed E-state index contributed by atoms with van der Waals surface area (Å²) in [5, 5.41) is 0. The largest absolute Gasteiger partial charge is 0.355 e. The van der Waals surface area contributed by atoms with Crippen molar-refractivity contribution in [1.29, 1.82) is 0 Å². The number of nitrogens with zero attached hydrogens (tertiary/aromatic N) is 2. The molecule has 0 unspecified atom stereocenters. The van der Waals surface area contributed by atoms with Crippen molar-refractivity contribution in [1.82, 2.24) is 0 Å². The molecule has 1 heterocycles. The summed E-state index contributed by atoms with van der Waals surface area (Å²) in [7, 11) is 2.16. The molecule has 1 aliphatic heterocycles. The summed E-state index contributed by atoms with van der Waals surface area (Å²) in [6.45, 7) is 5.26. The topological polar surface area (TPSA) is 6.48 Å². The maximum absolute atomic E-state index is 2.36. The Morgan fingerprint density at radius 1 is 0.750 bits per heavy atom. The van der Waals surface area contributed by atoms with E-state index in [9.17, 15) is 0 Å². The maximum Gasteiger partial charge on any atom is 0.0950 e. The number of benzene rings is 3. The highest BCUT2D eigenvalue weighted by Gasteiger charge is 2.25. The van der Waals surface area contributed by atoms with E-state index in [1.165, 1.54) is 39.3 Å². The van der Waals surface area contributed by atoms with Crippen LogP contribution in [0.1, 0.15) is 11.1 Å². The predicted molar refractivity (Wildman–Crippen MR) is 103 cm³/mol. The van der Waals surface area contributed by atoms with Crippen molar-refractivity contribution in [3.05, 3.63) is 77.9 Å². The molecule has 3 aromatic carbocycles. The Hall–Kier alpha value is -2.74. The van der Waals surface area contributed by atoms with Crippen LogP contribution >= 0.6 is 0 Å². The normalized spacial score (nSPS) is 13.3. The Balaban J connectivity index is 1.81. The van der Waals surface area contributed by atoms with Gasteiger partial charge in [0.15, 0.2) is 0 Å². The first kappa shape index (κ1) is 14.8. The first-order valence-corrected chi connectivity index (χ1v) is 8.39. The van der Waals surface area contributed by atoms with Gasteiger partial charge >= 0.3 is 0 Å². The van der Waals surface area contributed by atoms with Crippen molar-refractivity contribution < 1.29 is 0 Å². The van der Waals surface area contributed by atoms with E-state index in [1.54, 1.807) is 0 Å². The molecule has 0 saturated heterocycles. The van der Waals surface area contributed by atoms with E-state index in [0.29, 0.717) is 0 Å². The van der Waals surface area contributed by atoms with Gasteiger partial charge in [-0.1, -0.05) is 42.5 Å². The number of para-hydroxylation sites is 1. The molecular formula is C22H22N2. The average Bonchev–Trinajstić information content (AvgIpc) is 2.92. The van der Waals surface area contributed by atoms with Gasteiger partial charge in [-0.3, -0.25) is 0 Å². The van der Waals surface area contributed by atoms with E-state index in [2.05, 4.69) is 97.4 Å². The van der Waals surface area contributed by atoms with E-state index >= 15 is 0 Å². The Morgan fingerprint density at radius 2 is 1.46 bits per heavy atom. The molecule has 0 fully saturated rings. The Labute approximate surface area is 144 Å². The van der Waals surface area contributed by atoms with E-state index in [-0.39, 0.29) is 0 Å². The standard InChI is InChI=1S/C22H22N2/c1-16-8-7-9-17(2)22(16)18-12-13-20-21(14-18)23(3)15-24(20)19-10-5-4-6-11-19/h4-14H,15H2,1-3H3. The third kappa shape index (κ3) is 2.35. The SMILES string of the molecule is Cc1cccc(C)c1-c1ccc2c(c1)N(C)CN2c1ccccc1. The molecule has 0 atom stereocenters. The van der Waals surface area contributed by atoms with Gasteiger partial charge in [-0.25, -0.2) is 0 Å². The zero-order valence-corrected chi connectivity index (χ0v) is 14.5. The second-order valence-corrected chi connectivity index (χ2v) is 6.57. The second-order valence-electron chi connectivity index (χ2n) is 6.57. The molecule has 0 spiro atoms. The van der Waals surface area contributed by atoms with Crippen LogP contribution in [0.3, 0.4) is 0 Å². The van der Waals surface area contributed by atoms with Crippen molar-refractivity contribution in [2.24, 2.45) is 0 Å². The summed E-state index contributed by atoms with van der Waals surface area (Å²) in [6, 6.07) is 23.9. The van der Waals surface area contributed by atoms with Gasteiger partial charge in [-0.2, -0.15) is 0 Å². The molecule has 0 aliphatic carbocycles. The summed E-state index contributed by atoms with van der Waals surface area (Å²) in [5.41, 5.74) is 9.12. The van der Waals surface area contributed by atoms with Gasteiger partial charge in [-0.05, 0) is 60.4 Å². The highest BCUT2D eigenvalue weighted by Crippen LogP contribution is 2.42. The van der Waals surface area contributed by atoms with Crippen molar-refractivity contribution in [3.63, 3.8) is 0 Å². The molecule has 120 valence electrons. The van der Waals surface area contributed by atoms with Crippen LogP contribution in [0.2, 0.25) is 0 Å². The maximum atomic E-state index is 2.36. The number of aryl methyl sites for hydroxylation is 2. The van der Waals surface area contributed by atoms with E-state index < -0.39 is 0 Å². The second kappa shape index (κ2) is 5.72. The minimum Gasteiger partial charge on any atom is -0.355 e. The lowest BCUT2D eigenvalue weighted by Crippen LogP contribution is -2.23. The van der Waals surface area contributed by atoms with Crippen LogP contribution in [0, 0.1) is 13.8 Å². The number of hydrogen-bond donors (Lipinski definition) is 0. The van der Waals surface area contributed by atoms with Gasteiger partial charge in [0.1, 0.15) is 0 Å². The Kier molecular flexibility index (Phi) is 3.53. The highest BCUT2D eigenvalue weighted by molar-refractivity contribution is 5.87. The third-order valence-electron chi connectivity index (χ3n) is 4.87. The van der Waals surface area contributed by atoms with Gasteiger partial charge in [-0.15, -0.1) is 0 Å². The first-order chi connectivity index (χ1) is 11.6. The molecule has 0 saturated carbocycles. The first-order valence-electron chi connectivity index (χ1n) is 8.39. The van der Waals surface area contributed by atoms with Crippen LogP contribution in [0.4, 0.5) is 17.1 Å².